The molecule has 0 fully saturated rings. The van der Waals surface area contributed by atoms with Crippen molar-refractivity contribution in [3.63, 3.8) is 0 Å². The number of hydrazine groups is 1. The highest BCUT2D eigenvalue weighted by Gasteiger charge is 2.25. The average Bonchev–Trinajstić information content (AvgIpc) is 2.42. The molecule has 0 radical (unpaired) electrons. The summed E-state index contributed by atoms with van der Waals surface area (Å²) in [4.78, 5) is 8.02. The summed E-state index contributed by atoms with van der Waals surface area (Å²) in [5.74, 6) is 6.05. The van der Waals surface area contributed by atoms with Crippen LogP contribution < -0.4 is 16.6 Å². The number of hydrogen-bond acceptors (Lipinski definition) is 6. The van der Waals surface area contributed by atoms with Crippen LogP contribution in [-0.4, -0.2) is 28.2 Å². The molecule has 1 aromatic heterocycles. The number of rotatable bonds is 7. The summed E-state index contributed by atoms with van der Waals surface area (Å²) in [5, 5.41) is 13.1. The van der Waals surface area contributed by atoms with Crippen molar-refractivity contribution in [3.05, 3.63) is 11.2 Å². The lowest BCUT2D eigenvalue weighted by Crippen LogP contribution is -2.32. The van der Waals surface area contributed by atoms with Gasteiger partial charge in [-0.25, -0.2) is 10.8 Å². The van der Waals surface area contributed by atoms with Crippen LogP contribution in [0.2, 0.25) is 5.02 Å². The summed E-state index contributed by atoms with van der Waals surface area (Å²) in [6.07, 6.45) is 3.22. The van der Waals surface area contributed by atoms with Crippen molar-refractivity contribution in [3.8, 4) is 0 Å². The molecule has 18 heavy (non-hydrogen) atoms. The van der Waals surface area contributed by atoms with E-state index in [0.29, 0.717) is 23.3 Å². The van der Waals surface area contributed by atoms with Crippen molar-refractivity contribution in [2.75, 3.05) is 23.9 Å². The molecule has 5 N–H and O–H groups in total. The van der Waals surface area contributed by atoms with E-state index >= 15 is 0 Å². The topological polar surface area (TPSA) is 96.1 Å². The van der Waals surface area contributed by atoms with Crippen LogP contribution in [0.1, 0.15) is 26.7 Å². The highest BCUT2D eigenvalue weighted by molar-refractivity contribution is 6.32. The number of halogens is 1. The highest BCUT2D eigenvalue weighted by Crippen LogP contribution is 2.27. The van der Waals surface area contributed by atoms with Crippen molar-refractivity contribution in [2.45, 2.75) is 26.7 Å². The van der Waals surface area contributed by atoms with Crippen molar-refractivity contribution in [2.24, 2.45) is 11.3 Å². The van der Waals surface area contributed by atoms with Crippen LogP contribution in [0.25, 0.3) is 0 Å². The number of nitrogens with zero attached hydrogens (tertiary/aromatic N) is 2. The summed E-state index contributed by atoms with van der Waals surface area (Å²) < 4.78 is 0. The lowest BCUT2D eigenvalue weighted by atomic mass is 9.83. The third-order valence-electron chi connectivity index (χ3n) is 3.34. The van der Waals surface area contributed by atoms with E-state index in [4.69, 9.17) is 17.4 Å². The van der Waals surface area contributed by atoms with Crippen LogP contribution in [0.3, 0.4) is 0 Å². The van der Waals surface area contributed by atoms with Gasteiger partial charge in [0.05, 0.1) is 12.8 Å². The maximum Gasteiger partial charge on any atom is 0.239 e. The van der Waals surface area contributed by atoms with Crippen LogP contribution in [0.15, 0.2) is 6.20 Å². The molecule has 1 heterocycles. The van der Waals surface area contributed by atoms with E-state index in [0.717, 1.165) is 12.8 Å². The SMILES string of the molecule is CCC(CC)(CO)CNc1nc(NN)ncc1Cl. The molecule has 0 aromatic carbocycles. The molecule has 6 nitrogen and oxygen atoms in total. The summed E-state index contributed by atoms with van der Waals surface area (Å²) in [6, 6.07) is 0. The first-order valence-electron chi connectivity index (χ1n) is 5.94. The number of nitrogens with one attached hydrogen (secondary N) is 2. The molecule has 102 valence electrons. The van der Waals surface area contributed by atoms with Gasteiger partial charge >= 0.3 is 0 Å². The Hall–Kier alpha value is -1.11. The molecule has 0 atom stereocenters. The van der Waals surface area contributed by atoms with Crippen LogP contribution >= 0.6 is 11.6 Å². The fourth-order valence-corrected chi connectivity index (χ4v) is 1.77. The van der Waals surface area contributed by atoms with Gasteiger partial charge in [-0.15, -0.1) is 0 Å². The van der Waals surface area contributed by atoms with Gasteiger partial charge in [-0.2, -0.15) is 4.98 Å². The Kier molecular flexibility index (Phi) is 5.58. The molecule has 1 rings (SSSR count). The largest absolute Gasteiger partial charge is 0.396 e. The highest BCUT2D eigenvalue weighted by atomic mass is 35.5. The molecule has 0 aliphatic carbocycles. The third kappa shape index (κ3) is 3.44. The van der Waals surface area contributed by atoms with Gasteiger partial charge in [0, 0.05) is 12.0 Å². The van der Waals surface area contributed by atoms with Gasteiger partial charge in [-0.05, 0) is 12.8 Å². The minimum Gasteiger partial charge on any atom is -0.396 e. The van der Waals surface area contributed by atoms with Crippen LogP contribution in [0, 0.1) is 5.41 Å². The Balaban J connectivity index is 2.78. The maximum absolute atomic E-state index is 9.49. The summed E-state index contributed by atoms with van der Waals surface area (Å²) >= 11 is 5.99. The normalized spacial score (nSPS) is 11.4. The van der Waals surface area contributed by atoms with Crippen molar-refractivity contribution < 1.29 is 5.11 Å². The molecular formula is C11H20ClN5O. The van der Waals surface area contributed by atoms with E-state index in [1.54, 1.807) is 0 Å². The quantitative estimate of drug-likeness (QED) is 0.445. The van der Waals surface area contributed by atoms with Crippen LogP contribution in [0.4, 0.5) is 11.8 Å². The Morgan fingerprint density at radius 3 is 2.61 bits per heavy atom. The molecular weight excluding hydrogens is 254 g/mol. The number of nitrogen functional groups attached to an aromatic ring is 1. The first-order chi connectivity index (χ1) is 8.60. The number of nitrogens with two attached hydrogens (primary N) is 1. The average molecular weight is 274 g/mol. The van der Waals surface area contributed by atoms with Gasteiger partial charge in [0.2, 0.25) is 5.95 Å². The van der Waals surface area contributed by atoms with E-state index in [-0.39, 0.29) is 12.0 Å². The molecule has 0 saturated heterocycles. The van der Waals surface area contributed by atoms with E-state index < -0.39 is 0 Å². The minimum absolute atomic E-state index is 0.123. The van der Waals surface area contributed by atoms with Gasteiger partial charge in [-0.3, -0.25) is 5.43 Å². The molecule has 7 heteroatoms. The second-order valence-electron chi connectivity index (χ2n) is 4.25. The van der Waals surface area contributed by atoms with Crippen molar-refractivity contribution in [1.82, 2.24) is 9.97 Å². The van der Waals surface area contributed by atoms with Gasteiger partial charge in [0.1, 0.15) is 5.02 Å². The zero-order valence-electron chi connectivity index (χ0n) is 10.7. The number of aliphatic hydroxyl groups excluding tert-OH is 1. The first kappa shape index (κ1) is 14.9. The van der Waals surface area contributed by atoms with Crippen molar-refractivity contribution >= 4 is 23.4 Å². The van der Waals surface area contributed by atoms with Gasteiger partial charge in [-0.1, -0.05) is 25.4 Å². The molecule has 1 aromatic rings. The van der Waals surface area contributed by atoms with Gasteiger partial charge in [0.15, 0.2) is 5.82 Å². The summed E-state index contributed by atoms with van der Waals surface area (Å²) in [5.41, 5.74) is 2.20. The fourth-order valence-electron chi connectivity index (χ4n) is 1.61. The monoisotopic (exact) mass is 273 g/mol. The van der Waals surface area contributed by atoms with E-state index in [1.165, 1.54) is 6.20 Å². The molecule has 0 spiro atoms. The van der Waals surface area contributed by atoms with Crippen LogP contribution in [0.5, 0.6) is 0 Å². The smallest absolute Gasteiger partial charge is 0.239 e. The number of aromatic nitrogens is 2. The zero-order chi connectivity index (χ0) is 13.6. The molecule has 0 saturated carbocycles. The maximum atomic E-state index is 9.49. The fraction of sp³-hybridized carbons (Fsp3) is 0.636. The van der Waals surface area contributed by atoms with Crippen molar-refractivity contribution in [1.29, 1.82) is 0 Å². The van der Waals surface area contributed by atoms with Gasteiger partial charge < -0.3 is 10.4 Å². The Labute approximate surface area is 112 Å². The number of aliphatic hydroxyl groups is 1. The Bertz CT molecular complexity index is 375. The van der Waals surface area contributed by atoms with Crippen LogP contribution in [-0.2, 0) is 0 Å². The lowest BCUT2D eigenvalue weighted by Gasteiger charge is -2.29. The standard InChI is InChI=1S/C11H20ClN5O/c1-3-11(4-2,7-18)6-15-9-8(12)5-14-10(16-9)17-13/h5,18H,3-4,6-7,13H2,1-2H3,(H2,14,15,16,17). The number of hydrogen-bond donors (Lipinski definition) is 4. The minimum atomic E-state index is -0.162. The predicted molar refractivity (Wildman–Crippen MR) is 73.4 cm³/mol. The third-order valence-corrected chi connectivity index (χ3v) is 3.62. The van der Waals surface area contributed by atoms with E-state index in [1.807, 2.05) is 0 Å². The second kappa shape index (κ2) is 6.72. The van der Waals surface area contributed by atoms with E-state index in [2.05, 4.69) is 34.6 Å². The lowest BCUT2D eigenvalue weighted by molar-refractivity contribution is 0.127. The van der Waals surface area contributed by atoms with Gasteiger partial charge in [0.25, 0.3) is 0 Å². The second-order valence-corrected chi connectivity index (χ2v) is 4.66. The molecule has 0 aliphatic rings. The zero-order valence-corrected chi connectivity index (χ0v) is 11.5. The summed E-state index contributed by atoms with van der Waals surface area (Å²) in [7, 11) is 0. The molecule has 0 bridgehead atoms. The van der Waals surface area contributed by atoms with E-state index in [9.17, 15) is 5.11 Å². The summed E-state index contributed by atoms with van der Waals surface area (Å²) in [6.45, 7) is 4.82. The molecule has 0 aliphatic heterocycles. The molecule has 0 amide bonds. The first-order valence-corrected chi connectivity index (χ1v) is 6.32. The Morgan fingerprint density at radius 1 is 1.44 bits per heavy atom. The predicted octanol–water partition coefficient (Wildman–Crippen LogP) is 1.63. The molecule has 0 unspecified atom stereocenters. The Morgan fingerprint density at radius 2 is 2.11 bits per heavy atom. The number of anilines is 2.